The molecule has 5 nitrogen and oxygen atoms in total. The number of halogens is 2. The van der Waals surface area contributed by atoms with E-state index in [0.717, 1.165) is 20.7 Å². The second kappa shape index (κ2) is 7.75. The first-order valence-electron chi connectivity index (χ1n) is 8.10. The van der Waals surface area contributed by atoms with E-state index in [1.165, 1.54) is 16.4 Å². The number of hydrogen-bond acceptors (Lipinski definition) is 4. The molecule has 1 amide bonds. The van der Waals surface area contributed by atoms with Gasteiger partial charge in [-0.2, -0.15) is 4.31 Å². The largest absolute Gasteiger partial charge is 0.325 e. The lowest BCUT2D eigenvalue weighted by molar-refractivity contribution is -0.120. The monoisotopic (exact) mass is 460 g/mol. The van der Waals surface area contributed by atoms with Crippen molar-refractivity contribution in [2.45, 2.75) is 24.0 Å². The summed E-state index contributed by atoms with van der Waals surface area (Å²) in [4.78, 5) is 12.6. The molecule has 0 spiro atoms. The van der Waals surface area contributed by atoms with E-state index in [0.29, 0.717) is 25.1 Å². The Kier molecular flexibility index (Phi) is 5.81. The molecular weight excluding hydrogens is 443 g/mol. The third-order valence-corrected chi connectivity index (χ3v) is 8.31. The minimum absolute atomic E-state index is 0.123. The van der Waals surface area contributed by atoms with Crippen LogP contribution in [0.15, 0.2) is 38.3 Å². The molecule has 1 fully saturated rings. The molecule has 3 rings (SSSR count). The standard InChI is InChI=1S/C17H18BrFN2O3S2/c1-11-4-5-13(19)9-14(11)20-17(22)12-3-2-8-21(10-12)26(23,24)16-7-6-15(18)25-16/h4-7,9,12H,2-3,8,10H2,1H3,(H,20,22). The number of nitrogens with one attached hydrogen (secondary N) is 1. The van der Waals surface area contributed by atoms with Crippen molar-refractivity contribution in [2.24, 2.45) is 5.92 Å². The van der Waals surface area contributed by atoms with Crippen molar-refractivity contribution in [1.29, 1.82) is 0 Å². The summed E-state index contributed by atoms with van der Waals surface area (Å²) >= 11 is 4.42. The van der Waals surface area contributed by atoms with Crippen LogP contribution in [0.5, 0.6) is 0 Å². The van der Waals surface area contributed by atoms with Gasteiger partial charge in [0.25, 0.3) is 10.0 Å². The third kappa shape index (κ3) is 4.16. The summed E-state index contributed by atoms with van der Waals surface area (Å²) < 4.78 is 41.3. The number of carbonyl (C=O) groups excluding carboxylic acids is 1. The maximum absolute atomic E-state index is 13.4. The molecule has 1 unspecified atom stereocenters. The van der Waals surface area contributed by atoms with Crippen molar-refractivity contribution in [3.05, 3.63) is 45.5 Å². The zero-order valence-electron chi connectivity index (χ0n) is 14.0. The molecule has 0 saturated carbocycles. The quantitative estimate of drug-likeness (QED) is 0.749. The molecule has 1 saturated heterocycles. The molecule has 2 heterocycles. The number of sulfonamides is 1. The van der Waals surface area contributed by atoms with Crippen molar-refractivity contribution in [3.8, 4) is 0 Å². The normalized spacial score (nSPS) is 18.7. The average Bonchev–Trinajstić information content (AvgIpc) is 3.05. The van der Waals surface area contributed by atoms with E-state index >= 15 is 0 Å². The molecule has 1 aromatic heterocycles. The second-order valence-electron chi connectivity index (χ2n) is 6.21. The minimum Gasteiger partial charge on any atom is -0.325 e. The van der Waals surface area contributed by atoms with Crippen LogP contribution in [0.2, 0.25) is 0 Å². The van der Waals surface area contributed by atoms with E-state index in [9.17, 15) is 17.6 Å². The van der Waals surface area contributed by atoms with Crippen LogP contribution in [0.4, 0.5) is 10.1 Å². The maximum Gasteiger partial charge on any atom is 0.252 e. The minimum atomic E-state index is -3.61. The Labute approximate surface area is 164 Å². The SMILES string of the molecule is Cc1ccc(F)cc1NC(=O)C1CCCN(S(=O)(=O)c2ccc(Br)s2)C1. The van der Waals surface area contributed by atoms with E-state index in [2.05, 4.69) is 21.2 Å². The number of benzene rings is 1. The Hall–Kier alpha value is -1.29. The second-order valence-corrected chi connectivity index (χ2v) is 10.8. The highest BCUT2D eigenvalue weighted by Gasteiger charge is 2.34. The lowest BCUT2D eigenvalue weighted by Gasteiger charge is -2.30. The Balaban J connectivity index is 1.74. The van der Waals surface area contributed by atoms with Gasteiger partial charge in [0.15, 0.2) is 0 Å². The van der Waals surface area contributed by atoms with E-state index in [1.54, 1.807) is 25.1 Å². The van der Waals surface area contributed by atoms with Crippen LogP contribution in [0.1, 0.15) is 18.4 Å². The van der Waals surface area contributed by atoms with Crippen molar-refractivity contribution >= 4 is 48.9 Å². The molecule has 0 radical (unpaired) electrons. The van der Waals surface area contributed by atoms with Gasteiger partial charge >= 0.3 is 0 Å². The predicted molar refractivity (Wildman–Crippen MR) is 103 cm³/mol. The van der Waals surface area contributed by atoms with Crippen LogP contribution in [0.3, 0.4) is 0 Å². The van der Waals surface area contributed by atoms with Crippen molar-refractivity contribution < 1.29 is 17.6 Å². The van der Waals surface area contributed by atoms with Gasteiger partial charge in [-0.25, -0.2) is 12.8 Å². The molecule has 26 heavy (non-hydrogen) atoms. The highest BCUT2D eigenvalue weighted by molar-refractivity contribution is 9.11. The van der Waals surface area contributed by atoms with Crippen LogP contribution in [-0.4, -0.2) is 31.7 Å². The van der Waals surface area contributed by atoms with Gasteiger partial charge in [0, 0.05) is 18.8 Å². The highest BCUT2D eigenvalue weighted by Crippen LogP contribution is 2.31. The fourth-order valence-corrected chi connectivity index (χ4v) is 6.59. The topological polar surface area (TPSA) is 66.5 Å². The van der Waals surface area contributed by atoms with Gasteiger partial charge < -0.3 is 5.32 Å². The number of thiophene rings is 1. The molecule has 9 heteroatoms. The molecule has 0 bridgehead atoms. The number of anilines is 1. The van der Waals surface area contributed by atoms with Gasteiger partial charge in [-0.3, -0.25) is 4.79 Å². The number of rotatable bonds is 4. The molecule has 140 valence electrons. The average molecular weight is 461 g/mol. The number of carbonyl (C=O) groups is 1. The van der Waals surface area contributed by atoms with Crippen molar-refractivity contribution in [3.63, 3.8) is 0 Å². The molecule has 1 aromatic carbocycles. The predicted octanol–water partition coefficient (Wildman–Crippen LogP) is 4.00. The third-order valence-electron chi connectivity index (χ3n) is 4.36. The fourth-order valence-electron chi connectivity index (χ4n) is 2.90. The summed E-state index contributed by atoms with van der Waals surface area (Å²) in [5.74, 6) is -1.18. The summed E-state index contributed by atoms with van der Waals surface area (Å²) in [7, 11) is -3.61. The van der Waals surface area contributed by atoms with Gasteiger partial charge in [-0.1, -0.05) is 6.07 Å². The van der Waals surface area contributed by atoms with E-state index in [4.69, 9.17) is 0 Å². The Morgan fingerprint density at radius 2 is 2.12 bits per heavy atom. The van der Waals surface area contributed by atoms with Gasteiger partial charge in [-0.05, 0) is 65.5 Å². The first kappa shape index (κ1) is 19.5. The van der Waals surface area contributed by atoms with Crippen LogP contribution in [0, 0.1) is 18.7 Å². The van der Waals surface area contributed by atoms with Gasteiger partial charge in [0.2, 0.25) is 5.91 Å². The molecule has 2 aromatic rings. The number of aryl methyl sites for hydroxylation is 1. The lowest BCUT2D eigenvalue weighted by Crippen LogP contribution is -2.43. The fraction of sp³-hybridized carbons (Fsp3) is 0.353. The van der Waals surface area contributed by atoms with Crippen LogP contribution >= 0.6 is 27.3 Å². The van der Waals surface area contributed by atoms with E-state index in [1.807, 2.05) is 0 Å². The molecule has 1 atom stereocenters. The van der Waals surface area contributed by atoms with Crippen molar-refractivity contribution in [1.82, 2.24) is 4.31 Å². The number of nitrogens with zero attached hydrogens (tertiary/aromatic N) is 1. The zero-order valence-corrected chi connectivity index (χ0v) is 17.3. The summed E-state index contributed by atoms with van der Waals surface area (Å²) in [6, 6.07) is 7.45. The van der Waals surface area contributed by atoms with Crippen LogP contribution in [0.25, 0.3) is 0 Å². The van der Waals surface area contributed by atoms with Gasteiger partial charge in [0.05, 0.1) is 9.70 Å². The summed E-state index contributed by atoms with van der Waals surface area (Å²) in [6.07, 6.45) is 1.20. The summed E-state index contributed by atoms with van der Waals surface area (Å²) in [5, 5.41) is 2.73. The zero-order chi connectivity index (χ0) is 18.9. The molecule has 1 N–H and O–H groups in total. The summed E-state index contributed by atoms with van der Waals surface area (Å²) in [5.41, 5.74) is 1.17. The molecule has 1 aliphatic rings. The maximum atomic E-state index is 13.4. The molecular formula is C17H18BrFN2O3S2. The van der Waals surface area contributed by atoms with Crippen LogP contribution in [-0.2, 0) is 14.8 Å². The highest BCUT2D eigenvalue weighted by atomic mass is 79.9. The van der Waals surface area contributed by atoms with E-state index < -0.39 is 21.8 Å². The lowest BCUT2D eigenvalue weighted by atomic mass is 9.98. The van der Waals surface area contributed by atoms with Gasteiger partial charge in [0.1, 0.15) is 10.0 Å². The summed E-state index contributed by atoms with van der Waals surface area (Å²) in [6.45, 7) is 2.29. The smallest absolute Gasteiger partial charge is 0.252 e. The number of hydrogen-bond donors (Lipinski definition) is 1. The Morgan fingerprint density at radius 3 is 2.81 bits per heavy atom. The van der Waals surface area contributed by atoms with Crippen molar-refractivity contribution in [2.75, 3.05) is 18.4 Å². The number of amides is 1. The Bertz CT molecular complexity index is 930. The molecule has 0 aliphatic carbocycles. The van der Waals surface area contributed by atoms with Gasteiger partial charge in [-0.15, -0.1) is 11.3 Å². The Morgan fingerprint density at radius 1 is 1.35 bits per heavy atom. The van der Waals surface area contributed by atoms with E-state index in [-0.39, 0.29) is 16.7 Å². The molecule has 1 aliphatic heterocycles. The van der Waals surface area contributed by atoms with Crippen LogP contribution < -0.4 is 5.32 Å². The number of piperidine rings is 1. The first-order chi connectivity index (χ1) is 12.3. The first-order valence-corrected chi connectivity index (χ1v) is 11.1.